The van der Waals surface area contributed by atoms with Crippen LogP contribution in [0.3, 0.4) is 0 Å². The molecule has 22 heavy (non-hydrogen) atoms. The summed E-state index contributed by atoms with van der Waals surface area (Å²) in [6.07, 6.45) is 1.91. The molecule has 0 aliphatic carbocycles. The lowest BCUT2D eigenvalue weighted by molar-refractivity contribution is 0.552. The quantitative estimate of drug-likeness (QED) is 0.587. The van der Waals surface area contributed by atoms with E-state index in [0.29, 0.717) is 16.8 Å². The van der Waals surface area contributed by atoms with Crippen LogP contribution in [0.1, 0.15) is 23.6 Å². The third-order valence-electron chi connectivity index (χ3n) is 3.60. The predicted molar refractivity (Wildman–Crippen MR) is 86.8 cm³/mol. The highest BCUT2D eigenvalue weighted by molar-refractivity contribution is 5.63. The zero-order chi connectivity index (χ0) is 16.1. The van der Waals surface area contributed by atoms with Crippen LogP contribution in [0.15, 0.2) is 41.4 Å². The molecule has 2 nitrogen and oxygen atoms in total. The molecule has 0 aliphatic heterocycles. The number of hydrogen-bond donors (Lipinski definition) is 0. The van der Waals surface area contributed by atoms with Crippen molar-refractivity contribution in [2.45, 2.75) is 20.3 Å². The Labute approximate surface area is 130 Å². The lowest BCUT2D eigenvalue weighted by Crippen LogP contribution is -2.14. The van der Waals surface area contributed by atoms with Crippen LogP contribution < -0.4 is 0 Å². The summed E-state index contributed by atoms with van der Waals surface area (Å²) in [5.41, 5.74) is 2.43. The Morgan fingerprint density at radius 1 is 1.09 bits per heavy atom. The van der Waals surface area contributed by atoms with Gasteiger partial charge in [-0.1, -0.05) is 24.3 Å². The topological polar surface area (TPSA) is 15.6 Å². The summed E-state index contributed by atoms with van der Waals surface area (Å²) >= 11 is 0. The maximum Gasteiger partial charge on any atom is 0.128 e. The molecule has 2 aromatic rings. The Morgan fingerprint density at radius 2 is 1.82 bits per heavy atom. The van der Waals surface area contributed by atoms with Gasteiger partial charge in [0.05, 0.1) is 12.0 Å². The monoisotopic (exact) mass is 302 g/mol. The van der Waals surface area contributed by atoms with Crippen LogP contribution in [0.4, 0.5) is 14.5 Å². The predicted octanol–water partition coefficient (Wildman–Crippen LogP) is 4.48. The standard InChI is InChI=1S/C18H20F2N2/c1-4-22(3)12-21-18-11-17(20)15(9-13(18)2)10-14-7-5-6-8-16(14)19/h5-9,11-12H,4,10H2,1-3H3. The van der Waals surface area contributed by atoms with E-state index in [0.717, 1.165) is 12.1 Å². The molecule has 0 bridgehead atoms. The summed E-state index contributed by atoms with van der Waals surface area (Å²) in [6, 6.07) is 9.59. The molecule has 0 saturated carbocycles. The van der Waals surface area contributed by atoms with Gasteiger partial charge in [0.1, 0.15) is 11.6 Å². The van der Waals surface area contributed by atoms with E-state index in [4.69, 9.17) is 0 Å². The lowest BCUT2D eigenvalue weighted by Gasteiger charge is -2.11. The summed E-state index contributed by atoms with van der Waals surface area (Å²) < 4.78 is 27.9. The number of rotatable bonds is 5. The fraction of sp³-hybridized carbons (Fsp3) is 0.278. The number of aryl methyl sites for hydroxylation is 1. The Hall–Kier alpha value is -2.23. The van der Waals surface area contributed by atoms with Crippen molar-refractivity contribution in [1.29, 1.82) is 0 Å². The van der Waals surface area contributed by atoms with Gasteiger partial charge in [0.15, 0.2) is 0 Å². The largest absolute Gasteiger partial charge is 0.366 e. The van der Waals surface area contributed by atoms with E-state index in [1.165, 1.54) is 12.1 Å². The normalized spacial score (nSPS) is 11.1. The van der Waals surface area contributed by atoms with Crippen LogP contribution in [0.2, 0.25) is 0 Å². The van der Waals surface area contributed by atoms with Gasteiger partial charge in [0.2, 0.25) is 0 Å². The molecule has 0 amide bonds. The molecule has 116 valence electrons. The number of nitrogens with zero attached hydrogens (tertiary/aromatic N) is 2. The second-order valence-electron chi connectivity index (χ2n) is 5.32. The molecule has 0 N–H and O–H groups in total. The van der Waals surface area contributed by atoms with E-state index in [9.17, 15) is 8.78 Å². The molecule has 0 aromatic heterocycles. The fourth-order valence-corrected chi connectivity index (χ4v) is 2.09. The smallest absolute Gasteiger partial charge is 0.128 e. The van der Waals surface area contributed by atoms with Crippen molar-refractivity contribution in [3.05, 3.63) is 64.7 Å². The van der Waals surface area contributed by atoms with Crippen LogP contribution in [0.25, 0.3) is 0 Å². The van der Waals surface area contributed by atoms with Gasteiger partial charge >= 0.3 is 0 Å². The first kappa shape index (κ1) is 16.1. The molecular weight excluding hydrogens is 282 g/mol. The summed E-state index contributed by atoms with van der Waals surface area (Å²) in [4.78, 5) is 6.20. The average molecular weight is 302 g/mol. The number of hydrogen-bond acceptors (Lipinski definition) is 1. The van der Waals surface area contributed by atoms with Gasteiger partial charge in [-0.3, -0.25) is 0 Å². The first-order valence-corrected chi connectivity index (χ1v) is 7.28. The maximum atomic E-state index is 14.2. The zero-order valence-electron chi connectivity index (χ0n) is 13.1. The highest BCUT2D eigenvalue weighted by Gasteiger charge is 2.10. The van der Waals surface area contributed by atoms with Crippen molar-refractivity contribution in [1.82, 2.24) is 4.90 Å². The molecule has 0 saturated heterocycles. The van der Waals surface area contributed by atoms with Crippen LogP contribution >= 0.6 is 0 Å². The zero-order valence-corrected chi connectivity index (χ0v) is 13.1. The SMILES string of the molecule is CCN(C)C=Nc1cc(F)c(Cc2ccccc2F)cc1C. The van der Waals surface area contributed by atoms with Crippen molar-refractivity contribution in [2.75, 3.05) is 13.6 Å². The minimum atomic E-state index is -0.361. The van der Waals surface area contributed by atoms with Crippen LogP contribution in [-0.2, 0) is 6.42 Å². The lowest BCUT2D eigenvalue weighted by atomic mass is 10.0. The van der Waals surface area contributed by atoms with E-state index in [1.54, 1.807) is 30.6 Å². The van der Waals surface area contributed by atoms with Gasteiger partial charge in [-0.25, -0.2) is 13.8 Å². The molecule has 0 atom stereocenters. The average Bonchev–Trinajstić information content (AvgIpc) is 2.51. The third-order valence-corrected chi connectivity index (χ3v) is 3.60. The number of halogens is 2. The van der Waals surface area contributed by atoms with Crippen molar-refractivity contribution < 1.29 is 8.78 Å². The highest BCUT2D eigenvalue weighted by atomic mass is 19.1. The van der Waals surface area contributed by atoms with Crippen molar-refractivity contribution in [2.24, 2.45) is 4.99 Å². The number of aliphatic imine (C=N–C) groups is 1. The second-order valence-corrected chi connectivity index (χ2v) is 5.32. The molecule has 4 heteroatoms. The van der Waals surface area contributed by atoms with Gasteiger partial charge in [0, 0.05) is 26.1 Å². The minimum absolute atomic E-state index is 0.234. The molecule has 0 unspecified atom stereocenters. The number of benzene rings is 2. The molecule has 0 spiro atoms. The summed E-state index contributed by atoms with van der Waals surface area (Å²) in [5.74, 6) is -0.675. The van der Waals surface area contributed by atoms with Crippen LogP contribution in [0.5, 0.6) is 0 Å². The van der Waals surface area contributed by atoms with E-state index >= 15 is 0 Å². The van der Waals surface area contributed by atoms with E-state index in [1.807, 2.05) is 25.8 Å². The molecule has 0 heterocycles. The Kier molecular flexibility index (Phi) is 5.26. The van der Waals surface area contributed by atoms with Crippen LogP contribution in [-0.4, -0.2) is 24.8 Å². The Bertz CT molecular complexity index is 681. The van der Waals surface area contributed by atoms with Gasteiger partial charge in [-0.05, 0) is 36.6 Å². The van der Waals surface area contributed by atoms with E-state index in [-0.39, 0.29) is 18.1 Å². The molecule has 2 rings (SSSR count). The van der Waals surface area contributed by atoms with Gasteiger partial charge in [-0.15, -0.1) is 0 Å². The van der Waals surface area contributed by atoms with Crippen LogP contribution in [0, 0.1) is 18.6 Å². The fourth-order valence-electron chi connectivity index (χ4n) is 2.09. The summed E-state index contributed by atoms with van der Waals surface area (Å²) in [7, 11) is 1.90. The molecule has 0 aliphatic rings. The Balaban J connectivity index is 2.27. The second kappa shape index (κ2) is 7.16. The minimum Gasteiger partial charge on any atom is -0.366 e. The summed E-state index contributed by atoms with van der Waals surface area (Å²) in [5, 5.41) is 0. The van der Waals surface area contributed by atoms with Gasteiger partial charge in [0.25, 0.3) is 0 Å². The van der Waals surface area contributed by atoms with Gasteiger partial charge < -0.3 is 4.90 Å². The Morgan fingerprint density at radius 3 is 2.50 bits per heavy atom. The summed E-state index contributed by atoms with van der Waals surface area (Å²) in [6.45, 7) is 4.72. The third kappa shape index (κ3) is 3.91. The molecule has 0 fully saturated rings. The van der Waals surface area contributed by atoms with Crippen molar-refractivity contribution >= 4 is 12.0 Å². The molecular formula is C18H20F2N2. The first-order chi connectivity index (χ1) is 10.5. The highest BCUT2D eigenvalue weighted by Crippen LogP contribution is 2.25. The first-order valence-electron chi connectivity index (χ1n) is 7.28. The van der Waals surface area contributed by atoms with Crippen molar-refractivity contribution in [3.63, 3.8) is 0 Å². The molecule has 2 aromatic carbocycles. The van der Waals surface area contributed by atoms with E-state index < -0.39 is 0 Å². The molecule has 0 radical (unpaired) electrons. The van der Waals surface area contributed by atoms with Crippen molar-refractivity contribution in [3.8, 4) is 0 Å². The maximum absolute atomic E-state index is 14.2. The van der Waals surface area contributed by atoms with Gasteiger partial charge in [-0.2, -0.15) is 0 Å². The van der Waals surface area contributed by atoms with E-state index in [2.05, 4.69) is 4.99 Å².